The summed E-state index contributed by atoms with van der Waals surface area (Å²) in [5.74, 6) is -2.41. The molecule has 38 heavy (non-hydrogen) atoms. The highest BCUT2D eigenvalue weighted by atomic mass is 16.5. The van der Waals surface area contributed by atoms with Crippen LogP contribution in [0.4, 0.5) is 0 Å². The van der Waals surface area contributed by atoms with Crippen LogP contribution in [0.5, 0.6) is 0 Å². The number of aliphatic hydroxyl groups excluding tert-OH is 1. The van der Waals surface area contributed by atoms with Gasteiger partial charge in [0.25, 0.3) is 0 Å². The van der Waals surface area contributed by atoms with Crippen molar-refractivity contribution >= 4 is 17.5 Å². The molecule has 212 valence electrons. The van der Waals surface area contributed by atoms with E-state index in [9.17, 15) is 24.6 Å². The summed E-state index contributed by atoms with van der Waals surface area (Å²) in [5.41, 5.74) is -2.12. The highest BCUT2D eigenvalue weighted by Crippen LogP contribution is 2.59. The van der Waals surface area contributed by atoms with Gasteiger partial charge in [-0.3, -0.25) is 14.4 Å². The number of hydrogen-bond acceptors (Lipinski definition) is 8. The zero-order chi connectivity index (χ0) is 28.4. The van der Waals surface area contributed by atoms with Gasteiger partial charge in [-0.2, -0.15) is 0 Å². The maximum atomic E-state index is 13.8. The topological polar surface area (TPSA) is 119 Å². The molecule has 0 aromatic heterocycles. The second-order valence-electron chi connectivity index (χ2n) is 13.0. The molecule has 2 N–H and O–H groups in total. The summed E-state index contributed by atoms with van der Waals surface area (Å²) < 4.78 is 18.4. The normalized spacial score (nSPS) is 37.7. The number of fused-ring (bicyclic) bond motifs is 3. The number of hydrogen-bond donors (Lipinski definition) is 2. The Balaban J connectivity index is 1.67. The molecule has 2 heterocycles. The number of carbonyl (C=O) groups excluding carboxylic acids is 3. The van der Waals surface area contributed by atoms with Gasteiger partial charge in [0.1, 0.15) is 11.7 Å². The lowest BCUT2D eigenvalue weighted by atomic mass is 9.52. The van der Waals surface area contributed by atoms with Crippen LogP contribution in [0.25, 0.3) is 0 Å². The Kier molecular flexibility index (Phi) is 7.52. The molecule has 0 radical (unpaired) electrons. The van der Waals surface area contributed by atoms with Crippen molar-refractivity contribution in [3.8, 4) is 0 Å². The molecule has 2 aliphatic heterocycles. The molecule has 1 saturated heterocycles. The standard InChI is InChI=1S/C30H44O8/c1-9-15(2)25(36-17(4)31)16(3)18-14-19(32)22-24(34)27-29(7)12-10-20(28(5,6)35)37-21(29)11-13-30(27,8)38-26(22)23(18)33/h14-16,20-21,24-25,27,34-35H,9-13H2,1-8H3/t15?,16?,20-,21?,24?,25?,27?,29?,30?/m1/s1. The van der Waals surface area contributed by atoms with E-state index in [-0.39, 0.29) is 35.0 Å². The van der Waals surface area contributed by atoms with Crippen molar-refractivity contribution in [1.82, 2.24) is 0 Å². The third kappa shape index (κ3) is 4.66. The average molecular weight is 533 g/mol. The van der Waals surface area contributed by atoms with Crippen molar-refractivity contribution < 1.29 is 38.8 Å². The van der Waals surface area contributed by atoms with E-state index < -0.39 is 58.2 Å². The van der Waals surface area contributed by atoms with Crippen LogP contribution >= 0.6 is 0 Å². The van der Waals surface area contributed by atoms with Crippen LogP contribution in [0.15, 0.2) is 23.0 Å². The smallest absolute Gasteiger partial charge is 0.302 e. The molecule has 0 bridgehead atoms. The third-order valence-corrected chi connectivity index (χ3v) is 9.77. The van der Waals surface area contributed by atoms with Crippen LogP contribution < -0.4 is 0 Å². The maximum absolute atomic E-state index is 13.8. The van der Waals surface area contributed by atoms with Crippen LogP contribution in [0.3, 0.4) is 0 Å². The Hall–Kier alpha value is -2.03. The largest absolute Gasteiger partial charge is 0.482 e. The Bertz CT molecular complexity index is 1070. The highest BCUT2D eigenvalue weighted by Gasteiger charge is 2.64. The third-order valence-electron chi connectivity index (χ3n) is 9.77. The number of ether oxygens (including phenoxy) is 3. The molecule has 0 spiro atoms. The van der Waals surface area contributed by atoms with Gasteiger partial charge in [0.2, 0.25) is 5.78 Å². The Morgan fingerprint density at radius 3 is 2.45 bits per heavy atom. The van der Waals surface area contributed by atoms with Crippen molar-refractivity contribution in [2.24, 2.45) is 23.2 Å². The van der Waals surface area contributed by atoms with Gasteiger partial charge < -0.3 is 24.4 Å². The number of Topliss-reactive ketones (excluding diaryl/α,β-unsaturated/α-hetero) is 1. The van der Waals surface area contributed by atoms with Crippen LogP contribution in [0.2, 0.25) is 0 Å². The lowest BCUT2D eigenvalue weighted by Crippen LogP contribution is -2.66. The molecule has 1 saturated carbocycles. The maximum Gasteiger partial charge on any atom is 0.302 e. The summed E-state index contributed by atoms with van der Waals surface area (Å²) in [6, 6.07) is 0. The van der Waals surface area contributed by atoms with Crippen molar-refractivity contribution in [3.05, 3.63) is 23.0 Å². The van der Waals surface area contributed by atoms with Crippen molar-refractivity contribution in [2.75, 3.05) is 0 Å². The van der Waals surface area contributed by atoms with Crippen molar-refractivity contribution in [3.63, 3.8) is 0 Å². The van der Waals surface area contributed by atoms with Crippen LogP contribution in [0, 0.1) is 23.2 Å². The minimum atomic E-state index is -1.19. The molecular formula is C30H44O8. The average Bonchev–Trinajstić information content (AvgIpc) is 2.81. The quantitative estimate of drug-likeness (QED) is 0.391. The molecule has 9 atom stereocenters. The van der Waals surface area contributed by atoms with E-state index in [1.54, 1.807) is 20.8 Å². The fraction of sp³-hybridized carbons (Fsp3) is 0.767. The van der Waals surface area contributed by atoms with Gasteiger partial charge in [-0.15, -0.1) is 0 Å². The summed E-state index contributed by atoms with van der Waals surface area (Å²) in [7, 11) is 0. The molecule has 8 heteroatoms. The van der Waals surface area contributed by atoms with E-state index in [1.165, 1.54) is 13.0 Å². The van der Waals surface area contributed by atoms with Gasteiger partial charge in [0, 0.05) is 29.7 Å². The van der Waals surface area contributed by atoms with Crippen molar-refractivity contribution in [2.45, 2.75) is 123 Å². The second-order valence-corrected chi connectivity index (χ2v) is 13.0. The number of ketones is 2. The fourth-order valence-corrected chi connectivity index (χ4v) is 7.46. The van der Waals surface area contributed by atoms with E-state index in [4.69, 9.17) is 14.2 Å². The van der Waals surface area contributed by atoms with Crippen LogP contribution in [-0.2, 0) is 28.6 Å². The van der Waals surface area contributed by atoms with Gasteiger partial charge in [-0.25, -0.2) is 0 Å². The summed E-state index contributed by atoms with van der Waals surface area (Å²) in [6.07, 6.45) is 2.21. The van der Waals surface area contributed by atoms with Gasteiger partial charge in [-0.1, -0.05) is 34.1 Å². The van der Waals surface area contributed by atoms with Crippen LogP contribution in [-0.4, -0.2) is 63.4 Å². The molecular weight excluding hydrogens is 488 g/mol. The predicted molar refractivity (Wildman–Crippen MR) is 140 cm³/mol. The molecule has 8 nitrogen and oxygen atoms in total. The minimum Gasteiger partial charge on any atom is -0.482 e. The summed E-state index contributed by atoms with van der Waals surface area (Å²) in [5, 5.41) is 22.3. The molecule has 4 rings (SSSR count). The number of aliphatic hydroxyl groups is 2. The first-order valence-electron chi connectivity index (χ1n) is 14.0. The summed E-state index contributed by atoms with van der Waals surface area (Å²) in [6.45, 7) is 14.5. The van der Waals surface area contributed by atoms with Gasteiger partial charge in [-0.05, 0) is 58.4 Å². The zero-order valence-corrected chi connectivity index (χ0v) is 24.0. The molecule has 0 aromatic rings. The highest BCUT2D eigenvalue weighted by molar-refractivity contribution is 6.22. The van der Waals surface area contributed by atoms with E-state index in [0.717, 1.165) is 6.42 Å². The van der Waals surface area contributed by atoms with Crippen molar-refractivity contribution in [1.29, 1.82) is 0 Å². The fourth-order valence-electron chi connectivity index (χ4n) is 7.46. The Morgan fingerprint density at radius 1 is 1.21 bits per heavy atom. The van der Waals surface area contributed by atoms with Gasteiger partial charge in [0.15, 0.2) is 11.5 Å². The van der Waals surface area contributed by atoms with E-state index in [0.29, 0.717) is 25.7 Å². The number of esters is 1. The Morgan fingerprint density at radius 2 is 1.87 bits per heavy atom. The summed E-state index contributed by atoms with van der Waals surface area (Å²) >= 11 is 0. The van der Waals surface area contributed by atoms with E-state index in [2.05, 4.69) is 6.92 Å². The lowest BCUT2D eigenvalue weighted by molar-refractivity contribution is -0.260. The summed E-state index contributed by atoms with van der Waals surface area (Å²) in [4.78, 5) is 39.1. The first-order chi connectivity index (χ1) is 17.5. The molecule has 8 unspecified atom stereocenters. The molecule has 2 aliphatic carbocycles. The molecule has 0 aromatic carbocycles. The van der Waals surface area contributed by atoms with E-state index in [1.807, 2.05) is 20.8 Å². The molecule has 2 fully saturated rings. The first-order valence-corrected chi connectivity index (χ1v) is 14.0. The Labute approximate surface area is 225 Å². The zero-order valence-electron chi connectivity index (χ0n) is 24.0. The second kappa shape index (κ2) is 9.86. The first kappa shape index (κ1) is 29.0. The van der Waals surface area contributed by atoms with Gasteiger partial charge >= 0.3 is 5.97 Å². The lowest BCUT2D eigenvalue weighted by Gasteiger charge is -2.61. The number of rotatable bonds is 6. The molecule has 4 aliphatic rings. The van der Waals surface area contributed by atoms with Gasteiger partial charge in [0.05, 0.1) is 29.5 Å². The number of allylic oxidation sites excluding steroid dienone is 2. The predicted octanol–water partition coefficient (Wildman–Crippen LogP) is 3.82. The monoisotopic (exact) mass is 532 g/mol. The van der Waals surface area contributed by atoms with E-state index >= 15 is 0 Å². The number of carbonyl (C=O) groups is 3. The molecule has 0 amide bonds. The minimum absolute atomic E-state index is 0.00693. The SMILES string of the molecule is CCC(C)C(OC(C)=O)C(C)C1=CC(=O)C2=C(OC3(C)CCC4O[C@@H](C(C)(C)O)CCC4(C)C3C2O)C1=O. The van der Waals surface area contributed by atoms with Crippen LogP contribution in [0.1, 0.15) is 87.5 Å².